The maximum absolute atomic E-state index is 13.5. The maximum Gasteiger partial charge on any atom is 0.387 e. The number of halogens is 3. The second kappa shape index (κ2) is 9.27. The Labute approximate surface area is 162 Å². The number of nitrogens with zero attached hydrogens (tertiary/aromatic N) is 1. The van der Waals surface area contributed by atoms with Gasteiger partial charge in [-0.25, -0.2) is 4.39 Å². The highest BCUT2D eigenvalue weighted by molar-refractivity contribution is 5.92. The zero-order chi connectivity index (χ0) is 20.9. The van der Waals surface area contributed by atoms with Crippen LogP contribution in [0, 0.1) is 11.7 Å². The fourth-order valence-electron chi connectivity index (χ4n) is 3.06. The van der Waals surface area contributed by atoms with Gasteiger partial charge in [-0.3, -0.25) is 14.5 Å². The Balaban J connectivity index is 1.85. The van der Waals surface area contributed by atoms with Crippen molar-refractivity contribution in [3.63, 3.8) is 0 Å². The average molecular weight is 401 g/mol. The molecule has 156 valence electrons. The molecule has 9 heteroatoms. The summed E-state index contributed by atoms with van der Waals surface area (Å²) in [6, 6.07) is 3.02. The van der Waals surface area contributed by atoms with Gasteiger partial charge in [0.2, 0.25) is 11.8 Å². The molecule has 1 aromatic rings. The van der Waals surface area contributed by atoms with Gasteiger partial charge in [-0.1, -0.05) is 0 Å². The van der Waals surface area contributed by atoms with Crippen LogP contribution in [0.1, 0.15) is 33.6 Å². The second-order valence-electron chi connectivity index (χ2n) is 7.89. The maximum atomic E-state index is 13.5. The number of carbonyl (C=O) groups excluding carboxylic acids is 2. The molecule has 1 aromatic carbocycles. The minimum absolute atomic E-state index is 0.0626. The fraction of sp³-hybridized carbons (Fsp3) is 0.579. The molecule has 0 saturated carbocycles. The lowest BCUT2D eigenvalue weighted by Gasteiger charge is -2.31. The van der Waals surface area contributed by atoms with Gasteiger partial charge in [-0.05, 0) is 52.8 Å². The van der Waals surface area contributed by atoms with Crippen molar-refractivity contribution in [1.82, 2.24) is 10.2 Å². The van der Waals surface area contributed by atoms with Crippen molar-refractivity contribution >= 4 is 17.5 Å². The first kappa shape index (κ1) is 22.0. The van der Waals surface area contributed by atoms with Crippen LogP contribution >= 0.6 is 0 Å². The number of piperidine rings is 1. The van der Waals surface area contributed by atoms with E-state index < -0.39 is 12.4 Å². The summed E-state index contributed by atoms with van der Waals surface area (Å²) in [7, 11) is 0. The Kier molecular flexibility index (Phi) is 7.29. The first-order valence-electron chi connectivity index (χ1n) is 9.11. The molecule has 2 amide bonds. The van der Waals surface area contributed by atoms with E-state index in [-0.39, 0.29) is 41.3 Å². The molecule has 6 nitrogen and oxygen atoms in total. The van der Waals surface area contributed by atoms with Crippen LogP contribution in [-0.4, -0.2) is 48.5 Å². The number of nitrogens with one attached hydrogen (secondary N) is 2. The van der Waals surface area contributed by atoms with E-state index in [0.29, 0.717) is 25.9 Å². The molecule has 0 unspecified atom stereocenters. The SMILES string of the molecule is CC(C)(C)NC(=O)CN1CCC(C(=O)Nc2cc(F)cc(OC(F)F)c2)CC1. The lowest BCUT2D eigenvalue weighted by Crippen LogP contribution is -2.48. The van der Waals surface area contributed by atoms with Crippen LogP contribution in [0.5, 0.6) is 5.75 Å². The number of hydrogen-bond donors (Lipinski definition) is 2. The van der Waals surface area contributed by atoms with Gasteiger partial charge in [0, 0.05) is 29.3 Å². The third kappa shape index (κ3) is 7.38. The number of likely N-dealkylation sites (tertiary alicyclic amines) is 1. The summed E-state index contributed by atoms with van der Waals surface area (Å²) in [6.07, 6.45) is 1.09. The number of rotatable bonds is 6. The summed E-state index contributed by atoms with van der Waals surface area (Å²) in [6.45, 7) is 4.08. The molecular weight excluding hydrogens is 375 g/mol. The summed E-state index contributed by atoms with van der Waals surface area (Å²) < 4.78 is 42.3. The minimum Gasteiger partial charge on any atom is -0.435 e. The highest BCUT2D eigenvalue weighted by Crippen LogP contribution is 2.24. The first-order chi connectivity index (χ1) is 13.0. The molecule has 0 aromatic heterocycles. The Morgan fingerprint density at radius 1 is 1.21 bits per heavy atom. The summed E-state index contributed by atoms with van der Waals surface area (Å²) in [5, 5.41) is 5.45. The van der Waals surface area contributed by atoms with Crippen LogP contribution in [0.2, 0.25) is 0 Å². The van der Waals surface area contributed by atoms with Crippen LogP contribution in [0.15, 0.2) is 18.2 Å². The summed E-state index contributed by atoms with van der Waals surface area (Å²) in [4.78, 5) is 26.4. The number of ether oxygens (including phenoxy) is 1. The number of amides is 2. The largest absolute Gasteiger partial charge is 0.435 e. The Hall–Kier alpha value is -2.29. The van der Waals surface area contributed by atoms with Crippen LogP contribution in [0.3, 0.4) is 0 Å². The van der Waals surface area contributed by atoms with Crippen LogP contribution in [0.4, 0.5) is 18.9 Å². The zero-order valence-corrected chi connectivity index (χ0v) is 16.2. The molecule has 0 bridgehead atoms. The molecule has 1 fully saturated rings. The first-order valence-corrected chi connectivity index (χ1v) is 9.11. The Morgan fingerprint density at radius 3 is 2.43 bits per heavy atom. The van der Waals surface area contributed by atoms with Crippen molar-refractivity contribution < 1.29 is 27.5 Å². The summed E-state index contributed by atoms with van der Waals surface area (Å²) in [5.41, 5.74) is -0.236. The number of alkyl halides is 2. The van der Waals surface area contributed by atoms with E-state index in [1.54, 1.807) is 0 Å². The quantitative estimate of drug-likeness (QED) is 0.769. The molecule has 1 aliphatic rings. The van der Waals surface area contributed by atoms with Crippen LogP contribution in [0.25, 0.3) is 0 Å². The molecule has 2 rings (SSSR count). The lowest BCUT2D eigenvalue weighted by molar-refractivity contribution is -0.124. The van der Waals surface area contributed by atoms with Crippen molar-refractivity contribution in [3.8, 4) is 5.75 Å². The molecule has 0 aliphatic carbocycles. The molecule has 0 spiro atoms. The van der Waals surface area contributed by atoms with Gasteiger partial charge < -0.3 is 15.4 Å². The molecule has 0 atom stereocenters. The molecule has 0 radical (unpaired) electrons. The fourth-order valence-corrected chi connectivity index (χ4v) is 3.06. The minimum atomic E-state index is -3.08. The third-order valence-corrected chi connectivity index (χ3v) is 4.20. The van der Waals surface area contributed by atoms with E-state index in [1.807, 2.05) is 25.7 Å². The van der Waals surface area contributed by atoms with E-state index >= 15 is 0 Å². The zero-order valence-electron chi connectivity index (χ0n) is 16.2. The smallest absolute Gasteiger partial charge is 0.387 e. The lowest BCUT2D eigenvalue weighted by atomic mass is 9.95. The van der Waals surface area contributed by atoms with Crippen LogP contribution in [-0.2, 0) is 9.59 Å². The normalized spacial score (nSPS) is 16.1. The summed E-state index contributed by atoms with van der Waals surface area (Å²) in [5.74, 6) is -1.82. The van der Waals surface area contributed by atoms with Crippen molar-refractivity contribution in [2.24, 2.45) is 5.92 Å². The average Bonchev–Trinajstić information content (AvgIpc) is 2.52. The van der Waals surface area contributed by atoms with Gasteiger partial charge >= 0.3 is 6.61 Å². The van der Waals surface area contributed by atoms with E-state index in [4.69, 9.17) is 0 Å². The van der Waals surface area contributed by atoms with Gasteiger partial charge in [0.05, 0.1) is 6.54 Å². The number of anilines is 1. The van der Waals surface area contributed by atoms with E-state index in [2.05, 4.69) is 15.4 Å². The predicted octanol–water partition coefficient (Wildman–Crippen LogP) is 2.99. The van der Waals surface area contributed by atoms with Crippen molar-refractivity contribution in [2.75, 3.05) is 25.0 Å². The van der Waals surface area contributed by atoms with E-state index in [9.17, 15) is 22.8 Å². The highest BCUT2D eigenvalue weighted by atomic mass is 19.3. The molecule has 28 heavy (non-hydrogen) atoms. The Bertz CT molecular complexity index is 699. The van der Waals surface area contributed by atoms with Crippen molar-refractivity contribution in [1.29, 1.82) is 0 Å². The predicted molar refractivity (Wildman–Crippen MR) is 98.7 cm³/mol. The molecule has 1 aliphatic heterocycles. The molecule has 1 heterocycles. The third-order valence-electron chi connectivity index (χ3n) is 4.20. The number of hydrogen-bond acceptors (Lipinski definition) is 4. The van der Waals surface area contributed by atoms with Gasteiger partial charge in [-0.15, -0.1) is 0 Å². The van der Waals surface area contributed by atoms with Crippen molar-refractivity contribution in [3.05, 3.63) is 24.0 Å². The summed E-state index contributed by atoms with van der Waals surface area (Å²) >= 11 is 0. The molecular formula is C19H26F3N3O3. The van der Waals surface area contributed by atoms with Crippen LogP contribution < -0.4 is 15.4 Å². The second-order valence-corrected chi connectivity index (χ2v) is 7.89. The topological polar surface area (TPSA) is 70.7 Å². The van der Waals surface area contributed by atoms with Gasteiger partial charge in [0.15, 0.2) is 0 Å². The van der Waals surface area contributed by atoms with Gasteiger partial charge in [0.25, 0.3) is 0 Å². The Morgan fingerprint density at radius 2 is 1.86 bits per heavy atom. The standard InChI is InChI=1S/C19H26F3N3O3/c1-19(2,3)24-16(26)11-25-6-4-12(5-7-25)17(27)23-14-8-13(20)9-15(10-14)28-18(21)22/h8-10,12,18H,4-7,11H2,1-3H3,(H,23,27)(H,24,26). The van der Waals surface area contributed by atoms with Gasteiger partial charge in [-0.2, -0.15) is 8.78 Å². The molecule has 1 saturated heterocycles. The number of carbonyl (C=O) groups is 2. The van der Waals surface area contributed by atoms with E-state index in [1.165, 1.54) is 0 Å². The monoisotopic (exact) mass is 401 g/mol. The molecule has 2 N–H and O–H groups in total. The van der Waals surface area contributed by atoms with Gasteiger partial charge in [0.1, 0.15) is 11.6 Å². The highest BCUT2D eigenvalue weighted by Gasteiger charge is 2.27. The number of benzene rings is 1. The van der Waals surface area contributed by atoms with Crippen molar-refractivity contribution in [2.45, 2.75) is 45.8 Å². The van der Waals surface area contributed by atoms with E-state index in [0.717, 1.165) is 18.2 Å².